The lowest BCUT2D eigenvalue weighted by Crippen LogP contribution is -2.53. The molecule has 1 fully saturated rings. The predicted molar refractivity (Wildman–Crippen MR) is 98.0 cm³/mol. The minimum atomic E-state index is -0.310. The number of carbonyl (C=O) groups excluding carboxylic acids is 1. The number of carbonyl (C=O) groups is 1. The summed E-state index contributed by atoms with van der Waals surface area (Å²) in [7, 11) is 1.69. The van der Waals surface area contributed by atoms with E-state index in [1.54, 1.807) is 19.2 Å². The Bertz CT molecular complexity index is 690. The lowest BCUT2D eigenvalue weighted by atomic mass is 9.89. The molecule has 0 spiro atoms. The van der Waals surface area contributed by atoms with Crippen molar-refractivity contribution < 1.29 is 9.18 Å². The molecular formula is C20H24FN3O. The summed E-state index contributed by atoms with van der Waals surface area (Å²) < 4.78 is 13.0. The Morgan fingerprint density at radius 2 is 1.92 bits per heavy atom. The third-order valence-electron chi connectivity index (χ3n) is 4.70. The first-order valence-electron chi connectivity index (χ1n) is 8.69. The van der Waals surface area contributed by atoms with Gasteiger partial charge in [0.05, 0.1) is 6.17 Å². The van der Waals surface area contributed by atoms with Crippen LogP contribution in [0, 0.1) is 11.7 Å². The van der Waals surface area contributed by atoms with E-state index in [1.165, 1.54) is 22.6 Å². The van der Waals surface area contributed by atoms with Crippen molar-refractivity contribution >= 4 is 11.7 Å². The Labute approximate surface area is 148 Å². The van der Waals surface area contributed by atoms with Crippen LogP contribution in [0.4, 0.5) is 14.9 Å². The first kappa shape index (κ1) is 17.4. The number of anilines is 1. The summed E-state index contributed by atoms with van der Waals surface area (Å²) in [5.74, 6) is 0.236. The average Bonchev–Trinajstić information content (AvgIpc) is 2.63. The molecule has 1 aliphatic heterocycles. The van der Waals surface area contributed by atoms with Crippen molar-refractivity contribution in [3.8, 4) is 0 Å². The van der Waals surface area contributed by atoms with Gasteiger partial charge in [-0.25, -0.2) is 9.18 Å². The van der Waals surface area contributed by atoms with Crippen molar-refractivity contribution in [2.24, 2.45) is 5.92 Å². The van der Waals surface area contributed by atoms with Gasteiger partial charge in [0.1, 0.15) is 5.82 Å². The maximum absolute atomic E-state index is 13.0. The largest absolute Gasteiger partial charge is 0.322 e. The fourth-order valence-electron chi connectivity index (χ4n) is 3.27. The maximum Gasteiger partial charge on any atom is 0.322 e. The first-order chi connectivity index (χ1) is 12.1. The summed E-state index contributed by atoms with van der Waals surface area (Å²) >= 11 is 0. The Morgan fingerprint density at radius 1 is 1.20 bits per heavy atom. The summed E-state index contributed by atoms with van der Waals surface area (Å²) in [4.78, 5) is 13.9. The molecule has 2 aromatic carbocycles. The van der Waals surface area contributed by atoms with Gasteiger partial charge in [0.2, 0.25) is 0 Å². The zero-order valence-corrected chi connectivity index (χ0v) is 14.4. The van der Waals surface area contributed by atoms with Crippen LogP contribution in [-0.4, -0.2) is 25.8 Å². The number of hydrogen-bond acceptors (Lipinski definition) is 2. The fraction of sp³-hybridized carbons (Fsp3) is 0.350. The summed E-state index contributed by atoms with van der Waals surface area (Å²) in [6.45, 7) is 0.892. The van der Waals surface area contributed by atoms with E-state index in [-0.39, 0.29) is 18.0 Å². The molecule has 1 saturated heterocycles. The van der Waals surface area contributed by atoms with Gasteiger partial charge < -0.3 is 5.32 Å². The summed E-state index contributed by atoms with van der Waals surface area (Å²) in [6.07, 6.45) is 2.99. The molecule has 132 valence electrons. The van der Waals surface area contributed by atoms with E-state index in [1.807, 2.05) is 6.07 Å². The number of halogens is 1. The van der Waals surface area contributed by atoms with Crippen molar-refractivity contribution in [1.82, 2.24) is 10.6 Å². The van der Waals surface area contributed by atoms with E-state index in [4.69, 9.17) is 0 Å². The molecule has 0 aliphatic carbocycles. The van der Waals surface area contributed by atoms with Gasteiger partial charge in [-0.1, -0.05) is 30.3 Å². The second kappa shape index (κ2) is 8.12. The van der Waals surface area contributed by atoms with Crippen molar-refractivity contribution in [3.05, 3.63) is 66.0 Å². The van der Waals surface area contributed by atoms with Gasteiger partial charge in [0.15, 0.2) is 0 Å². The Hall–Kier alpha value is -2.40. The highest BCUT2D eigenvalue weighted by molar-refractivity contribution is 5.91. The number of piperidine rings is 1. The van der Waals surface area contributed by atoms with E-state index in [2.05, 4.69) is 34.9 Å². The highest BCUT2D eigenvalue weighted by Gasteiger charge is 2.24. The second-order valence-electron chi connectivity index (χ2n) is 6.57. The normalized spacial score (nSPS) is 20.1. The third-order valence-corrected chi connectivity index (χ3v) is 4.70. The van der Waals surface area contributed by atoms with Crippen LogP contribution >= 0.6 is 0 Å². The highest BCUT2D eigenvalue weighted by atomic mass is 19.1. The smallest absolute Gasteiger partial charge is 0.322 e. The lowest BCUT2D eigenvalue weighted by molar-refractivity contribution is 0.226. The van der Waals surface area contributed by atoms with Crippen LogP contribution in [0.3, 0.4) is 0 Å². The average molecular weight is 341 g/mol. The minimum absolute atomic E-state index is 0.0436. The SMILES string of the molecule is CN(C(=O)N[C@H]1C[C@H](Cc2ccccc2)CCN1)c1ccc(F)cc1. The zero-order valence-electron chi connectivity index (χ0n) is 14.4. The van der Waals surface area contributed by atoms with Gasteiger partial charge in [-0.05, 0) is 61.6 Å². The molecule has 0 unspecified atom stereocenters. The summed E-state index contributed by atoms with van der Waals surface area (Å²) in [5.41, 5.74) is 2.00. The maximum atomic E-state index is 13.0. The minimum Gasteiger partial charge on any atom is -0.322 e. The molecule has 0 bridgehead atoms. The topological polar surface area (TPSA) is 44.4 Å². The molecule has 2 atom stereocenters. The van der Waals surface area contributed by atoms with Crippen molar-refractivity contribution in [3.63, 3.8) is 0 Å². The van der Waals surface area contributed by atoms with Gasteiger partial charge in [-0.15, -0.1) is 0 Å². The molecule has 2 N–H and O–H groups in total. The number of rotatable bonds is 4. The Kier molecular flexibility index (Phi) is 5.66. The molecule has 1 aliphatic rings. The van der Waals surface area contributed by atoms with Gasteiger partial charge in [-0.2, -0.15) is 0 Å². The monoisotopic (exact) mass is 341 g/mol. The van der Waals surface area contributed by atoms with E-state index in [0.29, 0.717) is 11.6 Å². The first-order valence-corrected chi connectivity index (χ1v) is 8.69. The van der Waals surface area contributed by atoms with Gasteiger partial charge >= 0.3 is 6.03 Å². The van der Waals surface area contributed by atoms with Crippen LogP contribution in [0.25, 0.3) is 0 Å². The molecule has 5 heteroatoms. The van der Waals surface area contributed by atoms with E-state index in [9.17, 15) is 9.18 Å². The molecule has 2 amide bonds. The van der Waals surface area contributed by atoms with Crippen LogP contribution in [0.1, 0.15) is 18.4 Å². The Balaban J connectivity index is 1.54. The van der Waals surface area contributed by atoms with Crippen LogP contribution in [0.15, 0.2) is 54.6 Å². The zero-order chi connectivity index (χ0) is 17.6. The molecule has 2 aromatic rings. The second-order valence-corrected chi connectivity index (χ2v) is 6.57. The van der Waals surface area contributed by atoms with Gasteiger partial charge in [0.25, 0.3) is 0 Å². The van der Waals surface area contributed by atoms with Crippen LogP contribution in [0.5, 0.6) is 0 Å². The van der Waals surface area contributed by atoms with Crippen LogP contribution in [-0.2, 0) is 6.42 Å². The quantitative estimate of drug-likeness (QED) is 0.893. The molecule has 3 rings (SSSR count). The third kappa shape index (κ3) is 4.79. The molecule has 25 heavy (non-hydrogen) atoms. The molecular weight excluding hydrogens is 317 g/mol. The van der Waals surface area contributed by atoms with E-state index >= 15 is 0 Å². The summed E-state index contributed by atoms with van der Waals surface area (Å²) in [5, 5.41) is 6.39. The highest BCUT2D eigenvalue weighted by Crippen LogP contribution is 2.21. The van der Waals surface area contributed by atoms with Gasteiger partial charge in [-0.3, -0.25) is 10.2 Å². The number of benzene rings is 2. The summed E-state index contributed by atoms with van der Waals surface area (Å²) in [6, 6.07) is 16.2. The predicted octanol–water partition coefficient (Wildman–Crippen LogP) is 3.54. The standard InChI is InChI=1S/C20H24FN3O/c1-24(18-9-7-17(21)8-10-18)20(25)23-19-14-16(11-12-22-19)13-15-5-3-2-4-6-15/h2-10,16,19,22H,11-14H2,1H3,(H,23,25)/t16-,19-/m0/s1. The number of hydrogen-bond donors (Lipinski definition) is 2. The van der Waals surface area contributed by atoms with Crippen molar-refractivity contribution in [1.29, 1.82) is 0 Å². The Morgan fingerprint density at radius 3 is 2.64 bits per heavy atom. The van der Waals surface area contributed by atoms with Gasteiger partial charge in [0, 0.05) is 12.7 Å². The lowest BCUT2D eigenvalue weighted by Gasteiger charge is -2.32. The molecule has 0 saturated carbocycles. The molecule has 4 nitrogen and oxygen atoms in total. The van der Waals surface area contributed by atoms with Crippen molar-refractivity contribution in [2.75, 3.05) is 18.5 Å². The van der Waals surface area contributed by atoms with Crippen LogP contribution < -0.4 is 15.5 Å². The number of urea groups is 1. The van der Waals surface area contributed by atoms with Crippen LogP contribution in [0.2, 0.25) is 0 Å². The number of nitrogens with zero attached hydrogens (tertiary/aromatic N) is 1. The molecule has 0 aromatic heterocycles. The molecule has 1 heterocycles. The van der Waals surface area contributed by atoms with E-state index < -0.39 is 0 Å². The number of amides is 2. The van der Waals surface area contributed by atoms with E-state index in [0.717, 1.165) is 25.8 Å². The molecule has 0 radical (unpaired) electrons. The number of nitrogens with one attached hydrogen (secondary N) is 2. The van der Waals surface area contributed by atoms with Crippen molar-refractivity contribution in [2.45, 2.75) is 25.4 Å². The fourth-order valence-corrected chi connectivity index (χ4v) is 3.27.